The van der Waals surface area contributed by atoms with E-state index < -0.39 is 0 Å². The molecule has 0 unspecified atom stereocenters. The third-order valence-electron chi connectivity index (χ3n) is 4.78. The van der Waals surface area contributed by atoms with E-state index in [0.29, 0.717) is 12.2 Å². The van der Waals surface area contributed by atoms with E-state index in [2.05, 4.69) is 12.6 Å². The summed E-state index contributed by atoms with van der Waals surface area (Å²) in [6.45, 7) is 6.42. The van der Waals surface area contributed by atoms with Gasteiger partial charge in [-0.05, 0) is 36.3 Å². The predicted molar refractivity (Wildman–Crippen MR) is 90.6 cm³/mol. The molecule has 2 aromatic carbocycles. The molecule has 4 nitrogen and oxygen atoms in total. The highest BCUT2D eigenvalue weighted by molar-refractivity contribution is 5.91. The molecule has 0 fully saturated rings. The number of hydrogen-bond acceptors (Lipinski definition) is 4. The van der Waals surface area contributed by atoms with Crippen molar-refractivity contribution < 1.29 is 19.0 Å². The SMILES string of the molecule is C=C(C)[C@@H]1Cc2cc3c(cc2O1)OCc1c-3oc2cc(O)ccc12. The molecule has 0 spiro atoms. The Morgan fingerprint density at radius 2 is 2.08 bits per heavy atom. The monoisotopic (exact) mass is 320 g/mol. The van der Waals surface area contributed by atoms with Crippen LogP contribution in [0.2, 0.25) is 0 Å². The molecule has 0 aliphatic carbocycles. The van der Waals surface area contributed by atoms with Gasteiger partial charge in [0.05, 0.1) is 5.56 Å². The minimum atomic E-state index is 0.0240. The Balaban J connectivity index is 1.68. The van der Waals surface area contributed by atoms with E-state index in [0.717, 1.165) is 51.3 Å². The van der Waals surface area contributed by atoms with E-state index in [-0.39, 0.29) is 11.9 Å². The second kappa shape index (κ2) is 4.57. The van der Waals surface area contributed by atoms with Crippen molar-refractivity contribution in [3.05, 3.63) is 53.6 Å². The fourth-order valence-corrected chi connectivity index (χ4v) is 3.49. The normalized spacial score (nSPS) is 17.6. The molecule has 0 amide bonds. The Kier molecular flexibility index (Phi) is 2.58. The van der Waals surface area contributed by atoms with Crippen LogP contribution in [-0.4, -0.2) is 11.2 Å². The van der Waals surface area contributed by atoms with Crippen molar-refractivity contribution in [2.75, 3.05) is 0 Å². The van der Waals surface area contributed by atoms with Crippen LogP contribution in [0.1, 0.15) is 18.1 Å². The number of benzene rings is 2. The molecule has 1 atom stereocenters. The lowest BCUT2D eigenvalue weighted by atomic mass is 9.98. The summed E-state index contributed by atoms with van der Waals surface area (Å²) >= 11 is 0. The van der Waals surface area contributed by atoms with Gasteiger partial charge in [0.15, 0.2) is 0 Å². The molecule has 0 bridgehead atoms. The maximum absolute atomic E-state index is 9.68. The van der Waals surface area contributed by atoms with Crippen molar-refractivity contribution in [3.63, 3.8) is 0 Å². The Morgan fingerprint density at radius 3 is 2.92 bits per heavy atom. The average Bonchev–Trinajstić information content (AvgIpc) is 3.12. The molecule has 24 heavy (non-hydrogen) atoms. The third-order valence-corrected chi connectivity index (χ3v) is 4.78. The minimum Gasteiger partial charge on any atom is -0.508 e. The zero-order valence-electron chi connectivity index (χ0n) is 13.3. The van der Waals surface area contributed by atoms with Crippen LogP contribution in [0.3, 0.4) is 0 Å². The molecule has 3 aromatic rings. The summed E-state index contributed by atoms with van der Waals surface area (Å²) in [5.41, 5.74) is 4.80. The molecule has 0 saturated heterocycles. The largest absolute Gasteiger partial charge is 0.508 e. The standard InChI is InChI=1S/C20H16O4/c1-10(2)16-6-11-5-14-18(8-17(11)23-16)22-9-15-13-4-3-12(21)7-19(13)24-20(14)15/h3-5,7-8,16,21H,1,6,9H2,2H3/t16-/m0/s1. The zero-order chi connectivity index (χ0) is 16.4. The van der Waals surface area contributed by atoms with Gasteiger partial charge in [-0.15, -0.1) is 0 Å². The van der Waals surface area contributed by atoms with E-state index in [1.807, 2.05) is 19.1 Å². The van der Waals surface area contributed by atoms with Gasteiger partial charge in [-0.3, -0.25) is 0 Å². The second-order valence-corrected chi connectivity index (χ2v) is 6.49. The molecule has 0 saturated carbocycles. The Morgan fingerprint density at radius 1 is 1.21 bits per heavy atom. The van der Waals surface area contributed by atoms with Gasteiger partial charge in [-0.2, -0.15) is 0 Å². The van der Waals surface area contributed by atoms with Crippen LogP contribution < -0.4 is 9.47 Å². The highest BCUT2D eigenvalue weighted by Gasteiger charge is 2.30. The average molecular weight is 320 g/mol. The number of furan rings is 1. The number of rotatable bonds is 1. The zero-order valence-corrected chi connectivity index (χ0v) is 13.3. The quantitative estimate of drug-likeness (QED) is 0.667. The highest BCUT2D eigenvalue weighted by Crippen LogP contribution is 2.47. The fourth-order valence-electron chi connectivity index (χ4n) is 3.49. The van der Waals surface area contributed by atoms with Crippen molar-refractivity contribution in [3.8, 4) is 28.6 Å². The van der Waals surface area contributed by atoms with Gasteiger partial charge in [0.25, 0.3) is 0 Å². The van der Waals surface area contributed by atoms with E-state index in [9.17, 15) is 5.11 Å². The van der Waals surface area contributed by atoms with Crippen molar-refractivity contribution in [2.45, 2.75) is 26.1 Å². The van der Waals surface area contributed by atoms with Gasteiger partial charge in [0.2, 0.25) is 0 Å². The molecular weight excluding hydrogens is 304 g/mol. The second-order valence-electron chi connectivity index (χ2n) is 6.49. The number of phenolic OH excluding ortho intramolecular Hbond substituents is 1. The molecule has 1 aromatic heterocycles. The number of fused-ring (bicyclic) bond motifs is 6. The molecule has 120 valence electrons. The van der Waals surface area contributed by atoms with Crippen LogP contribution in [0.4, 0.5) is 0 Å². The van der Waals surface area contributed by atoms with Gasteiger partial charge in [0.1, 0.15) is 41.3 Å². The molecule has 4 heteroatoms. The maximum Gasteiger partial charge on any atom is 0.145 e. The van der Waals surface area contributed by atoms with Crippen LogP contribution >= 0.6 is 0 Å². The number of hydrogen-bond donors (Lipinski definition) is 1. The molecule has 2 aliphatic heterocycles. The summed E-state index contributed by atoms with van der Waals surface area (Å²) in [5.74, 6) is 2.64. The highest BCUT2D eigenvalue weighted by atomic mass is 16.5. The van der Waals surface area contributed by atoms with E-state index >= 15 is 0 Å². The lowest BCUT2D eigenvalue weighted by Gasteiger charge is -2.18. The van der Waals surface area contributed by atoms with E-state index in [1.54, 1.807) is 12.1 Å². The molecular formula is C20H16O4. The summed E-state index contributed by atoms with van der Waals surface area (Å²) in [7, 11) is 0. The maximum atomic E-state index is 9.68. The fraction of sp³-hybridized carbons (Fsp3) is 0.200. The first kappa shape index (κ1) is 13.5. The molecule has 5 rings (SSSR count). The van der Waals surface area contributed by atoms with Crippen molar-refractivity contribution in [1.29, 1.82) is 0 Å². The summed E-state index contributed by atoms with van der Waals surface area (Å²) in [4.78, 5) is 0. The van der Waals surface area contributed by atoms with Crippen LogP contribution in [0.25, 0.3) is 22.3 Å². The van der Waals surface area contributed by atoms with Gasteiger partial charge in [-0.25, -0.2) is 0 Å². The molecule has 3 heterocycles. The van der Waals surface area contributed by atoms with Crippen LogP contribution in [0.5, 0.6) is 17.2 Å². The van der Waals surface area contributed by atoms with Crippen molar-refractivity contribution in [2.24, 2.45) is 0 Å². The minimum absolute atomic E-state index is 0.0240. The van der Waals surface area contributed by atoms with Crippen molar-refractivity contribution >= 4 is 11.0 Å². The van der Waals surface area contributed by atoms with Gasteiger partial charge in [0, 0.05) is 29.5 Å². The topological polar surface area (TPSA) is 51.8 Å². The van der Waals surface area contributed by atoms with Gasteiger partial charge < -0.3 is 19.0 Å². The summed E-state index contributed by atoms with van der Waals surface area (Å²) in [6, 6.07) is 9.21. The first-order valence-corrected chi connectivity index (χ1v) is 7.96. The third kappa shape index (κ3) is 1.80. The number of ether oxygens (including phenoxy) is 2. The Labute approximate surface area is 138 Å². The van der Waals surface area contributed by atoms with Gasteiger partial charge >= 0.3 is 0 Å². The van der Waals surface area contributed by atoms with Crippen molar-refractivity contribution in [1.82, 2.24) is 0 Å². The first-order valence-electron chi connectivity index (χ1n) is 7.96. The van der Waals surface area contributed by atoms with Gasteiger partial charge in [-0.1, -0.05) is 6.58 Å². The summed E-state index contributed by atoms with van der Waals surface area (Å²) in [5, 5.41) is 10.7. The molecule has 1 N–H and O–H groups in total. The predicted octanol–water partition coefficient (Wildman–Crippen LogP) is 4.58. The van der Waals surface area contributed by atoms with Crippen LogP contribution in [0, 0.1) is 0 Å². The summed E-state index contributed by atoms with van der Waals surface area (Å²) < 4.78 is 17.9. The molecule has 0 radical (unpaired) electrons. The lowest BCUT2D eigenvalue weighted by molar-refractivity contribution is 0.266. The van der Waals surface area contributed by atoms with E-state index in [1.165, 1.54) is 0 Å². The Bertz CT molecular complexity index is 1010. The number of aromatic hydroxyl groups is 1. The Hall–Kier alpha value is -2.88. The smallest absolute Gasteiger partial charge is 0.145 e. The van der Waals surface area contributed by atoms with E-state index in [4.69, 9.17) is 13.9 Å². The van der Waals surface area contributed by atoms with Crippen LogP contribution in [-0.2, 0) is 13.0 Å². The first-order chi connectivity index (χ1) is 11.6. The lowest BCUT2D eigenvalue weighted by Crippen LogP contribution is -2.13. The summed E-state index contributed by atoms with van der Waals surface area (Å²) in [6.07, 6.45) is 0.838. The molecule has 2 aliphatic rings. The number of phenols is 1. The van der Waals surface area contributed by atoms with Crippen LogP contribution in [0.15, 0.2) is 46.9 Å².